The van der Waals surface area contributed by atoms with E-state index in [4.69, 9.17) is 9.72 Å². The van der Waals surface area contributed by atoms with Gasteiger partial charge in [-0.05, 0) is 30.3 Å². The van der Waals surface area contributed by atoms with E-state index in [2.05, 4.69) is 20.2 Å². The summed E-state index contributed by atoms with van der Waals surface area (Å²) in [5, 5.41) is 6.90. The van der Waals surface area contributed by atoms with Crippen molar-refractivity contribution in [1.82, 2.24) is 15.0 Å². The molecule has 4 aromatic rings. The highest BCUT2D eigenvalue weighted by Crippen LogP contribution is 2.31. The Morgan fingerprint density at radius 2 is 2.03 bits per heavy atom. The summed E-state index contributed by atoms with van der Waals surface area (Å²) in [6.45, 7) is 3.19. The van der Waals surface area contributed by atoms with Crippen LogP contribution in [0.25, 0.3) is 10.2 Å². The summed E-state index contributed by atoms with van der Waals surface area (Å²) in [5.41, 5.74) is 3.48. The molecule has 0 bridgehead atoms. The lowest BCUT2D eigenvalue weighted by molar-refractivity contribution is -0.115. The van der Waals surface area contributed by atoms with Gasteiger partial charge in [0.25, 0.3) is 0 Å². The first-order valence-corrected chi connectivity index (χ1v) is 11.8. The Labute approximate surface area is 187 Å². The molecule has 3 aromatic heterocycles. The quantitative estimate of drug-likeness (QED) is 0.481. The second-order valence-corrected chi connectivity index (χ2v) is 9.19. The van der Waals surface area contributed by atoms with Crippen LogP contribution in [0.5, 0.6) is 0 Å². The number of thiazole rings is 2. The number of ether oxygens (including phenoxy) is 1. The molecule has 0 radical (unpaired) electrons. The Morgan fingerprint density at radius 3 is 2.87 bits per heavy atom. The van der Waals surface area contributed by atoms with E-state index in [1.807, 2.05) is 41.8 Å². The summed E-state index contributed by atoms with van der Waals surface area (Å²) >= 11 is 3.20. The van der Waals surface area contributed by atoms with E-state index in [0.717, 1.165) is 63.7 Å². The minimum atomic E-state index is -0.0769. The van der Waals surface area contributed by atoms with Gasteiger partial charge in [-0.1, -0.05) is 17.4 Å². The maximum Gasteiger partial charge on any atom is 0.230 e. The summed E-state index contributed by atoms with van der Waals surface area (Å²) in [5.74, 6) is -0.0769. The number of amides is 1. The minimum Gasteiger partial charge on any atom is -0.378 e. The molecule has 1 aliphatic rings. The molecule has 1 aromatic carbocycles. The van der Waals surface area contributed by atoms with Crippen molar-refractivity contribution in [3.63, 3.8) is 0 Å². The van der Waals surface area contributed by atoms with Gasteiger partial charge < -0.3 is 15.0 Å². The number of fused-ring (bicyclic) bond motifs is 1. The molecule has 158 valence electrons. The summed E-state index contributed by atoms with van der Waals surface area (Å²) in [7, 11) is 0. The van der Waals surface area contributed by atoms with E-state index in [-0.39, 0.29) is 12.3 Å². The zero-order valence-electron chi connectivity index (χ0n) is 16.8. The number of hydrogen-bond donors (Lipinski definition) is 1. The number of anilines is 2. The van der Waals surface area contributed by atoms with Crippen molar-refractivity contribution >= 4 is 49.6 Å². The zero-order valence-corrected chi connectivity index (χ0v) is 18.4. The molecule has 7 nitrogen and oxygen atoms in total. The second-order valence-electron chi connectivity index (χ2n) is 7.23. The van der Waals surface area contributed by atoms with Crippen LogP contribution in [0, 0.1) is 0 Å². The van der Waals surface area contributed by atoms with Crippen LogP contribution in [0.15, 0.2) is 48.0 Å². The molecule has 4 heterocycles. The lowest BCUT2D eigenvalue weighted by atomic mass is 10.2. The normalized spacial score (nSPS) is 14.1. The third kappa shape index (κ3) is 4.90. The van der Waals surface area contributed by atoms with Crippen LogP contribution in [0.2, 0.25) is 0 Å². The van der Waals surface area contributed by atoms with E-state index in [1.165, 1.54) is 0 Å². The first kappa shape index (κ1) is 20.0. The summed E-state index contributed by atoms with van der Waals surface area (Å²) in [6, 6.07) is 11.7. The van der Waals surface area contributed by atoms with E-state index in [0.29, 0.717) is 6.42 Å². The number of pyridine rings is 1. The van der Waals surface area contributed by atoms with Gasteiger partial charge in [-0.25, -0.2) is 9.97 Å². The average molecular weight is 452 g/mol. The molecular weight excluding hydrogens is 430 g/mol. The number of morpholine rings is 1. The Kier molecular flexibility index (Phi) is 5.88. The van der Waals surface area contributed by atoms with Crippen LogP contribution in [0.1, 0.15) is 16.4 Å². The van der Waals surface area contributed by atoms with Crippen LogP contribution in [0.4, 0.5) is 10.8 Å². The molecule has 0 spiro atoms. The van der Waals surface area contributed by atoms with E-state index in [9.17, 15) is 4.79 Å². The standard InChI is InChI=1S/C22H21N5O2S2/c28-20(12-17-14-30-21(25-17)13-15-3-1-2-6-23-15)24-16-4-5-18-19(11-16)31-22(26-18)27-7-9-29-10-8-27/h1-6,11,14H,7-10,12-13H2,(H,24,28). The second kappa shape index (κ2) is 9.09. The van der Waals surface area contributed by atoms with Crippen LogP contribution in [0.3, 0.4) is 0 Å². The van der Waals surface area contributed by atoms with Crippen LogP contribution in [-0.2, 0) is 22.4 Å². The lowest BCUT2D eigenvalue weighted by Gasteiger charge is -2.25. The fraction of sp³-hybridized carbons (Fsp3) is 0.273. The molecule has 1 aliphatic heterocycles. The van der Waals surface area contributed by atoms with Gasteiger partial charge in [-0.2, -0.15) is 0 Å². The van der Waals surface area contributed by atoms with Gasteiger partial charge in [0.05, 0.1) is 40.6 Å². The number of hydrogen-bond acceptors (Lipinski definition) is 8. The van der Waals surface area contributed by atoms with Crippen molar-refractivity contribution in [1.29, 1.82) is 0 Å². The summed E-state index contributed by atoms with van der Waals surface area (Å²) in [6.07, 6.45) is 2.71. The maximum absolute atomic E-state index is 12.5. The van der Waals surface area contributed by atoms with Crippen molar-refractivity contribution < 1.29 is 9.53 Å². The SMILES string of the molecule is O=C(Cc1csc(Cc2ccccn2)n1)Nc1ccc2nc(N3CCOCC3)sc2c1. The first-order chi connectivity index (χ1) is 15.2. The molecule has 0 unspecified atom stereocenters. The Balaban J connectivity index is 1.22. The van der Waals surface area contributed by atoms with Crippen molar-refractivity contribution in [2.45, 2.75) is 12.8 Å². The van der Waals surface area contributed by atoms with Gasteiger partial charge >= 0.3 is 0 Å². The largest absolute Gasteiger partial charge is 0.378 e. The molecule has 31 heavy (non-hydrogen) atoms. The fourth-order valence-electron chi connectivity index (χ4n) is 3.42. The van der Waals surface area contributed by atoms with Crippen LogP contribution >= 0.6 is 22.7 Å². The molecule has 1 amide bonds. The summed E-state index contributed by atoms with van der Waals surface area (Å²) in [4.78, 5) is 28.4. The number of rotatable bonds is 6. The number of nitrogens with one attached hydrogen (secondary N) is 1. The number of benzene rings is 1. The third-order valence-electron chi connectivity index (χ3n) is 4.94. The highest BCUT2D eigenvalue weighted by molar-refractivity contribution is 7.22. The first-order valence-electron chi connectivity index (χ1n) is 10.1. The Bertz CT molecular complexity index is 1190. The number of aromatic nitrogens is 3. The number of nitrogens with zero attached hydrogens (tertiary/aromatic N) is 4. The predicted octanol–water partition coefficient (Wildman–Crippen LogP) is 3.76. The smallest absolute Gasteiger partial charge is 0.230 e. The molecular formula is C22H21N5O2S2. The fourth-order valence-corrected chi connectivity index (χ4v) is 5.28. The Morgan fingerprint density at radius 1 is 1.13 bits per heavy atom. The highest BCUT2D eigenvalue weighted by Gasteiger charge is 2.16. The molecule has 9 heteroatoms. The Hall–Kier alpha value is -2.88. The third-order valence-corrected chi connectivity index (χ3v) is 6.92. The van der Waals surface area contributed by atoms with Gasteiger partial charge in [-0.15, -0.1) is 11.3 Å². The van der Waals surface area contributed by atoms with Gasteiger partial charge in [0.1, 0.15) is 0 Å². The number of carbonyl (C=O) groups is 1. The van der Waals surface area contributed by atoms with Crippen LogP contribution in [-0.4, -0.2) is 47.2 Å². The topological polar surface area (TPSA) is 80.2 Å². The zero-order chi connectivity index (χ0) is 21.0. The minimum absolute atomic E-state index is 0.0769. The van der Waals surface area contributed by atoms with Crippen molar-refractivity contribution in [2.24, 2.45) is 0 Å². The van der Waals surface area contributed by atoms with Crippen LogP contribution < -0.4 is 10.2 Å². The molecule has 0 aliphatic carbocycles. The van der Waals surface area contributed by atoms with E-state index in [1.54, 1.807) is 28.9 Å². The monoisotopic (exact) mass is 451 g/mol. The van der Waals surface area contributed by atoms with Gasteiger partial charge in [0.15, 0.2) is 5.13 Å². The number of carbonyl (C=O) groups excluding carboxylic acids is 1. The van der Waals surface area contributed by atoms with Crippen molar-refractivity contribution in [2.75, 3.05) is 36.5 Å². The molecule has 1 saturated heterocycles. The van der Waals surface area contributed by atoms with Gasteiger partial charge in [-0.3, -0.25) is 9.78 Å². The maximum atomic E-state index is 12.5. The highest BCUT2D eigenvalue weighted by atomic mass is 32.1. The molecule has 0 saturated carbocycles. The molecule has 1 N–H and O–H groups in total. The summed E-state index contributed by atoms with van der Waals surface area (Å²) < 4.78 is 6.48. The molecule has 0 atom stereocenters. The predicted molar refractivity (Wildman–Crippen MR) is 124 cm³/mol. The van der Waals surface area contributed by atoms with Gasteiger partial charge in [0.2, 0.25) is 5.91 Å². The van der Waals surface area contributed by atoms with Crippen molar-refractivity contribution in [3.05, 3.63) is 64.4 Å². The molecule has 5 rings (SSSR count). The van der Waals surface area contributed by atoms with E-state index < -0.39 is 0 Å². The molecule has 1 fully saturated rings. The average Bonchev–Trinajstić information content (AvgIpc) is 3.41. The van der Waals surface area contributed by atoms with Gasteiger partial charge in [0, 0.05) is 42.5 Å². The van der Waals surface area contributed by atoms with Crippen molar-refractivity contribution in [3.8, 4) is 0 Å². The lowest BCUT2D eigenvalue weighted by Crippen LogP contribution is -2.36. The van der Waals surface area contributed by atoms with E-state index >= 15 is 0 Å².